The van der Waals surface area contributed by atoms with Crippen molar-refractivity contribution in [3.63, 3.8) is 0 Å². The fourth-order valence-corrected chi connectivity index (χ4v) is 4.07. The van der Waals surface area contributed by atoms with E-state index in [9.17, 15) is 4.39 Å². The summed E-state index contributed by atoms with van der Waals surface area (Å²) < 4.78 is 14.8. The monoisotopic (exact) mass is 212 g/mol. The molecule has 1 aliphatic carbocycles. The van der Waals surface area contributed by atoms with Crippen LogP contribution in [0.3, 0.4) is 0 Å². The molecular weight excluding hydrogens is 191 g/mol. The van der Waals surface area contributed by atoms with Gasteiger partial charge in [-0.15, -0.1) is 0 Å². The van der Waals surface area contributed by atoms with Crippen molar-refractivity contribution in [1.82, 2.24) is 0 Å². The fourth-order valence-electron chi connectivity index (χ4n) is 1.68. The zero-order valence-electron chi connectivity index (χ0n) is 9.89. The summed E-state index contributed by atoms with van der Waals surface area (Å²) in [7, 11) is -1.93. The third-order valence-corrected chi connectivity index (χ3v) is 10.1. The molecule has 0 radical (unpaired) electrons. The van der Waals surface area contributed by atoms with E-state index in [1.165, 1.54) is 0 Å². The molecule has 0 aliphatic heterocycles. The van der Waals surface area contributed by atoms with Crippen molar-refractivity contribution < 1.29 is 4.39 Å². The van der Waals surface area contributed by atoms with Gasteiger partial charge in [-0.3, -0.25) is 0 Å². The number of alkyl halides is 1. The first-order valence-corrected chi connectivity index (χ1v) is 8.24. The van der Waals surface area contributed by atoms with E-state index in [-0.39, 0.29) is 5.04 Å². The normalized spacial score (nSPS) is 28.1. The summed E-state index contributed by atoms with van der Waals surface area (Å²) in [5, 5.41) is -0.975. The Morgan fingerprint density at radius 3 is 2.14 bits per heavy atom. The maximum Gasteiger partial charge on any atom is 0.121 e. The van der Waals surface area contributed by atoms with Gasteiger partial charge in [0.1, 0.15) is 13.4 Å². The molecule has 2 heteroatoms. The van der Waals surface area contributed by atoms with Crippen LogP contribution in [-0.2, 0) is 0 Å². The molecule has 0 nitrogen and oxygen atoms in total. The molecule has 1 aliphatic rings. The Morgan fingerprint density at radius 1 is 1.21 bits per heavy atom. The minimum atomic E-state index is -1.93. The van der Waals surface area contributed by atoms with Crippen molar-refractivity contribution in [3.8, 4) is 0 Å². The van der Waals surface area contributed by atoms with Crippen LogP contribution in [0.25, 0.3) is 0 Å². The number of halogens is 1. The van der Waals surface area contributed by atoms with Crippen LogP contribution >= 0.6 is 0 Å². The first-order valence-electron chi connectivity index (χ1n) is 5.24. The molecule has 1 atom stereocenters. The SMILES string of the molecule is CC(C)(C)[Si](C)(C)C1(F)C=CC=CC1. The Kier molecular flexibility index (Phi) is 2.79. The lowest BCUT2D eigenvalue weighted by atomic mass is 10.1. The maximum atomic E-state index is 14.8. The fraction of sp³-hybridized carbons (Fsp3) is 0.667. The zero-order chi connectivity index (χ0) is 11.0. The third kappa shape index (κ3) is 1.72. The molecule has 0 bridgehead atoms. The first kappa shape index (κ1) is 11.7. The minimum Gasteiger partial charge on any atom is -0.243 e. The molecule has 80 valence electrons. The molecule has 0 aromatic rings. The molecule has 0 aromatic carbocycles. The number of hydrogen-bond donors (Lipinski definition) is 0. The smallest absolute Gasteiger partial charge is 0.121 e. The van der Waals surface area contributed by atoms with Gasteiger partial charge in [0, 0.05) is 6.42 Å². The lowest BCUT2D eigenvalue weighted by Crippen LogP contribution is -2.56. The molecule has 1 rings (SSSR count). The van der Waals surface area contributed by atoms with E-state index in [1.807, 2.05) is 18.2 Å². The standard InChI is InChI=1S/C12H21FSi/c1-11(2,3)14(4,5)12(13)9-7-6-8-10-12/h6-9H,10H2,1-5H3. The average Bonchev–Trinajstić information content (AvgIpc) is 2.03. The zero-order valence-corrected chi connectivity index (χ0v) is 10.9. The topological polar surface area (TPSA) is 0 Å². The molecule has 0 saturated carbocycles. The Bertz CT molecular complexity index is 271. The highest BCUT2D eigenvalue weighted by Crippen LogP contribution is 2.47. The molecule has 0 aromatic heterocycles. The van der Waals surface area contributed by atoms with E-state index in [4.69, 9.17) is 0 Å². The van der Waals surface area contributed by atoms with Crippen molar-refractivity contribution in [2.24, 2.45) is 0 Å². The molecule has 0 N–H and O–H groups in total. The summed E-state index contributed by atoms with van der Waals surface area (Å²) >= 11 is 0. The lowest BCUT2D eigenvalue weighted by Gasteiger charge is -2.46. The summed E-state index contributed by atoms with van der Waals surface area (Å²) in [5.41, 5.74) is 0. The van der Waals surface area contributed by atoms with E-state index >= 15 is 0 Å². The highest BCUT2D eigenvalue weighted by molar-refractivity contribution is 6.83. The molecule has 0 heterocycles. The van der Waals surface area contributed by atoms with E-state index in [1.54, 1.807) is 6.08 Å². The predicted octanol–water partition coefficient (Wildman–Crippen LogP) is 4.26. The largest absolute Gasteiger partial charge is 0.243 e. The highest BCUT2D eigenvalue weighted by atomic mass is 28.3. The maximum absolute atomic E-state index is 14.8. The van der Waals surface area contributed by atoms with E-state index < -0.39 is 13.4 Å². The molecule has 1 unspecified atom stereocenters. The van der Waals surface area contributed by atoms with E-state index in [0.717, 1.165) is 0 Å². The summed E-state index contributed by atoms with van der Waals surface area (Å²) in [6, 6.07) is 0. The van der Waals surface area contributed by atoms with Crippen LogP contribution in [0.5, 0.6) is 0 Å². The van der Waals surface area contributed by atoms with Crippen LogP contribution in [0.15, 0.2) is 24.3 Å². The van der Waals surface area contributed by atoms with Gasteiger partial charge in [-0.05, 0) is 5.04 Å². The number of rotatable bonds is 1. The molecular formula is C12H21FSi. The molecule has 0 saturated heterocycles. The van der Waals surface area contributed by atoms with Gasteiger partial charge < -0.3 is 0 Å². The van der Waals surface area contributed by atoms with Gasteiger partial charge in [-0.25, -0.2) is 4.39 Å². The van der Waals surface area contributed by atoms with Gasteiger partial charge in [-0.2, -0.15) is 0 Å². The van der Waals surface area contributed by atoms with Gasteiger partial charge in [0.05, 0.1) is 0 Å². The summed E-state index contributed by atoms with van der Waals surface area (Å²) in [5.74, 6) is 0. The van der Waals surface area contributed by atoms with Crippen LogP contribution in [0, 0.1) is 0 Å². The third-order valence-electron chi connectivity index (χ3n) is 3.94. The summed E-state index contributed by atoms with van der Waals surface area (Å²) in [4.78, 5) is 0. The van der Waals surface area contributed by atoms with Gasteiger partial charge in [0.25, 0.3) is 0 Å². The predicted molar refractivity (Wildman–Crippen MR) is 63.9 cm³/mol. The van der Waals surface area contributed by atoms with Crippen LogP contribution < -0.4 is 0 Å². The van der Waals surface area contributed by atoms with Crippen LogP contribution in [0.1, 0.15) is 27.2 Å². The minimum absolute atomic E-state index is 0.0945. The molecule has 14 heavy (non-hydrogen) atoms. The summed E-state index contributed by atoms with van der Waals surface area (Å²) in [6.45, 7) is 10.8. The van der Waals surface area contributed by atoms with Crippen molar-refractivity contribution in [3.05, 3.63) is 24.3 Å². The van der Waals surface area contributed by atoms with Crippen molar-refractivity contribution in [2.75, 3.05) is 0 Å². The molecule has 0 amide bonds. The Labute approximate surface area is 87.9 Å². The molecule has 0 spiro atoms. The van der Waals surface area contributed by atoms with Crippen molar-refractivity contribution in [2.45, 2.75) is 50.6 Å². The quantitative estimate of drug-likeness (QED) is 0.570. The number of hydrogen-bond acceptors (Lipinski definition) is 0. The van der Waals surface area contributed by atoms with Crippen LogP contribution in [-0.4, -0.2) is 13.4 Å². The van der Waals surface area contributed by atoms with Gasteiger partial charge in [0.15, 0.2) is 0 Å². The van der Waals surface area contributed by atoms with Crippen molar-refractivity contribution >= 4 is 8.07 Å². The second-order valence-corrected chi connectivity index (χ2v) is 11.3. The first-order chi connectivity index (χ1) is 6.21. The second kappa shape index (κ2) is 3.33. The second-order valence-electron chi connectivity index (χ2n) is 5.73. The van der Waals surface area contributed by atoms with Gasteiger partial charge in [-0.1, -0.05) is 58.2 Å². The van der Waals surface area contributed by atoms with Crippen LogP contribution in [0.4, 0.5) is 4.39 Å². The molecule has 0 fully saturated rings. The Hall–Kier alpha value is -0.373. The van der Waals surface area contributed by atoms with Gasteiger partial charge >= 0.3 is 0 Å². The summed E-state index contributed by atoms with van der Waals surface area (Å²) in [6.07, 6.45) is 8.06. The van der Waals surface area contributed by atoms with Crippen molar-refractivity contribution in [1.29, 1.82) is 0 Å². The highest BCUT2D eigenvalue weighted by Gasteiger charge is 2.52. The van der Waals surface area contributed by atoms with Gasteiger partial charge in [0.2, 0.25) is 0 Å². The van der Waals surface area contributed by atoms with E-state index in [2.05, 4.69) is 33.9 Å². The average molecular weight is 212 g/mol. The Morgan fingerprint density at radius 2 is 1.79 bits per heavy atom. The number of allylic oxidation sites excluding steroid dienone is 4. The lowest BCUT2D eigenvalue weighted by molar-refractivity contribution is 0.317. The van der Waals surface area contributed by atoms with E-state index in [0.29, 0.717) is 6.42 Å². The Balaban J connectivity index is 3.03. The van der Waals surface area contributed by atoms with Crippen LogP contribution in [0.2, 0.25) is 18.1 Å².